The summed E-state index contributed by atoms with van der Waals surface area (Å²) in [6, 6.07) is 7.08. The van der Waals surface area contributed by atoms with E-state index in [9.17, 15) is 4.91 Å². The molecule has 0 saturated carbocycles. The highest BCUT2D eigenvalue weighted by molar-refractivity contribution is 6.17. The second-order valence-electron chi connectivity index (χ2n) is 1.94. The van der Waals surface area contributed by atoms with E-state index >= 15 is 0 Å². The SMILES string of the molecule is O=[NH+]c1cccc(CCl)c1. The normalized spacial score (nSPS) is 9.30. The molecule has 1 aromatic carbocycles. The van der Waals surface area contributed by atoms with Crippen LogP contribution in [0, 0.1) is 4.91 Å². The zero-order valence-corrected chi connectivity index (χ0v) is 6.06. The molecule has 0 spiro atoms. The summed E-state index contributed by atoms with van der Waals surface area (Å²) >= 11 is 5.53. The van der Waals surface area contributed by atoms with Crippen molar-refractivity contribution < 1.29 is 5.18 Å². The number of hydrogen-bond acceptors (Lipinski definition) is 1. The molecule has 0 heterocycles. The van der Waals surface area contributed by atoms with E-state index in [-0.39, 0.29) is 0 Å². The molecule has 0 amide bonds. The Labute approximate surface area is 63.8 Å². The first-order valence-electron chi connectivity index (χ1n) is 2.90. The van der Waals surface area contributed by atoms with Gasteiger partial charge in [-0.25, -0.2) is 0 Å². The van der Waals surface area contributed by atoms with Crippen LogP contribution in [0.1, 0.15) is 5.56 Å². The van der Waals surface area contributed by atoms with Crippen molar-refractivity contribution in [1.82, 2.24) is 0 Å². The monoisotopic (exact) mass is 156 g/mol. The van der Waals surface area contributed by atoms with Crippen molar-refractivity contribution in [2.24, 2.45) is 0 Å². The van der Waals surface area contributed by atoms with Gasteiger partial charge in [0.1, 0.15) is 0 Å². The molecule has 0 saturated heterocycles. The number of halogens is 1. The third kappa shape index (κ3) is 1.54. The molecule has 0 aliphatic carbocycles. The van der Waals surface area contributed by atoms with Gasteiger partial charge in [-0.1, -0.05) is 12.1 Å². The first-order valence-corrected chi connectivity index (χ1v) is 3.43. The standard InChI is InChI=1S/C7H6ClNO/c8-5-6-2-1-3-7(4-6)9-10/h1-4H,5H2/p+1. The molecule has 0 radical (unpaired) electrons. The summed E-state index contributed by atoms with van der Waals surface area (Å²) in [5, 5.41) is 1.79. The molecule has 0 unspecified atom stereocenters. The molecule has 1 N–H and O–H groups in total. The van der Waals surface area contributed by atoms with Crippen molar-refractivity contribution in [1.29, 1.82) is 0 Å². The molecule has 0 atom stereocenters. The average Bonchev–Trinajstić information content (AvgIpc) is 2.05. The summed E-state index contributed by atoms with van der Waals surface area (Å²) in [6.45, 7) is 0. The van der Waals surface area contributed by atoms with Gasteiger partial charge in [-0.3, -0.25) is 0 Å². The van der Waals surface area contributed by atoms with Crippen molar-refractivity contribution in [3.63, 3.8) is 0 Å². The number of benzene rings is 1. The number of rotatable bonds is 2. The maximum absolute atomic E-state index is 10.1. The Morgan fingerprint density at radius 1 is 1.50 bits per heavy atom. The first-order chi connectivity index (χ1) is 4.86. The molecule has 1 rings (SSSR count). The van der Waals surface area contributed by atoms with Gasteiger partial charge in [-0.2, -0.15) is 0 Å². The Balaban J connectivity index is 2.98. The van der Waals surface area contributed by atoms with Crippen LogP contribution >= 0.6 is 11.6 Å². The predicted molar refractivity (Wildman–Crippen MR) is 40.0 cm³/mol. The molecule has 0 aliphatic heterocycles. The van der Waals surface area contributed by atoms with E-state index in [1.54, 1.807) is 23.4 Å². The lowest BCUT2D eigenvalue weighted by molar-refractivity contribution is -0.379. The number of hydrogen-bond donors (Lipinski definition) is 1. The average molecular weight is 157 g/mol. The zero-order valence-electron chi connectivity index (χ0n) is 5.30. The van der Waals surface area contributed by atoms with E-state index in [4.69, 9.17) is 11.6 Å². The van der Waals surface area contributed by atoms with Crippen LogP contribution in [0.15, 0.2) is 24.3 Å². The van der Waals surface area contributed by atoms with E-state index < -0.39 is 0 Å². The minimum absolute atomic E-state index is 0.440. The first kappa shape index (κ1) is 7.22. The molecule has 0 aromatic heterocycles. The number of nitroso groups, excluding NO2 is 1. The second kappa shape index (κ2) is 3.32. The molecule has 52 valence electrons. The third-order valence-corrected chi connectivity index (χ3v) is 1.51. The highest BCUT2D eigenvalue weighted by Gasteiger charge is 1.97. The fraction of sp³-hybridized carbons (Fsp3) is 0.143. The van der Waals surface area contributed by atoms with Gasteiger partial charge in [0.25, 0.3) is 5.69 Å². The Bertz CT molecular complexity index is 237. The predicted octanol–water partition coefficient (Wildman–Crippen LogP) is 0.904. The lowest BCUT2D eigenvalue weighted by atomic mass is 10.2. The van der Waals surface area contributed by atoms with Crippen LogP contribution in [0.3, 0.4) is 0 Å². The molecule has 0 aliphatic rings. The molecule has 3 heteroatoms. The smallest absolute Gasteiger partial charge is 0.122 e. The van der Waals surface area contributed by atoms with Crippen molar-refractivity contribution in [2.75, 3.05) is 0 Å². The van der Waals surface area contributed by atoms with Crippen molar-refractivity contribution in [2.45, 2.75) is 5.88 Å². The van der Waals surface area contributed by atoms with Crippen LogP contribution in [0.25, 0.3) is 0 Å². The van der Waals surface area contributed by atoms with Crippen LogP contribution in [0.2, 0.25) is 0 Å². The van der Waals surface area contributed by atoms with Gasteiger partial charge < -0.3 is 0 Å². The van der Waals surface area contributed by atoms with Crippen LogP contribution in [-0.2, 0) is 5.88 Å². The third-order valence-electron chi connectivity index (χ3n) is 1.20. The lowest BCUT2D eigenvalue weighted by Gasteiger charge is -1.89. The van der Waals surface area contributed by atoms with Crippen molar-refractivity contribution in [3.05, 3.63) is 34.7 Å². The van der Waals surface area contributed by atoms with E-state index in [0.29, 0.717) is 11.6 Å². The quantitative estimate of drug-likeness (QED) is 0.634. The van der Waals surface area contributed by atoms with E-state index in [1.807, 2.05) is 6.07 Å². The number of alkyl halides is 1. The minimum Gasteiger partial charge on any atom is -0.122 e. The molecule has 2 nitrogen and oxygen atoms in total. The van der Waals surface area contributed by atoms with Gasteiger partial charge in [0.15, 0.2) is 0 Å². The lowest BCUT2D eigenvalue weighted by Crippen LogP contribution is -2.55. The van der Waals surface area contributed by atoms with Crippen molar-refractivity contribution >= 4 is 17.3 Å². The maximum Gasteiger partial charge on any atom is 0.253 e. The summed E-state index contributed by atoms with van der Waals surface area (Å²) in [5.41, 5.74) is 1.50. The van der Waals surface area contributed by atoms with Crippen LogP contribution < -0.4 is 5.18 Å². The Morgan fingerprint density at radius 3 is 2.90 bits per heavy atom. The zero-order chi connectivity index (χ0) is 7.40. The molecule has 0 bridgehead atoms. The largest absolute Gasteiger partial charge is 0.253 e. The maximum atomic E-state index is 10.1. The molecular weight excluding hydrogens is 150 g/mol. The summed E-state index contributed by atoms with van der Waals surface area (Å²) in [6.07, 6.45) is 0. The van der Waals surface area contributed by atoms with E-state index in [1.165, 1.54) is 0 Å². The van der Waals surface area contributed by atoms with Gasteiger partial charge in [-0.15, -0.1) is 11.6 Å². The summed E-state index contributed by atoms with van der Waals surface area (Å²) < 4.78 is 0. The molecule has 10 heavy (non-hydrogen) atoms. The van der Waals surface area contributed by atoms with E-state index in [2.05, 4.69) is 0 Å². The minimum atomic E-state index is 0.440. The fourth-order valence-corrected chi connectivity index (χ4v) is 0.884. The molecule has 1 aromatic rings. The summed E-state index contributed by atoms with van der Waals surface area (Å²) in [7, 11) is 0. The van der Waals surface area contributed by atoms with Crippen LogP contribution in [0.5, 0.6) is 0 Å². The Morgan fingerprint density at radius 2 is 2.30 bits per heavy atom. The summed E-state index contributed by atoms with van der Waals surface area (Å²) in [4.78, 5) is 10.1. The molecule has 0 fully saturated rings. The van der Waals surface area contributed by atoms with Crippen molar-refractivity contribution in [3.8, 4) is 0 Å². The van der Waals surface area contributed by atoms with E-state index in [0.717, 1.165) is 5.56 Å². The van der Waals surface area contributed by atoms with Gasteiger partial charge in [0.05, 0.1) is 0 Å². The van der Waals surface area contributed by atoms with Crippen LogP contribution in [0.4, 0.5) is 5.69 Å². The molecular formula is C7H7ClNO+. The van der Waals surface area contributed by atoms with Gasteiger partial charge in [0.2, 0.25) is 0 Å². The van der Waals surface area contributed by atoms with Gasteiger partial charge in [0, 0.05) is 28.1 Å². The Hall–Kier alpha value is -0.890. The topological polar surface area (TPSA) is 31.0 Å². The van der Waals surface area contributed by atoms with Gasteiger partial charge in [-0.05, 0) is 5.56 Å². The number of nitrogens with one attached hydrogen (secondary N) is 1. The summed E-state index contributed by atoms with van der Waals surface area (Å²) in [5.74, 6) is 0.440. The Kier molecular flexibility index (Phi) is 2.40. The highest BCUT2D eigenvalue weighted by Crippen LogP contribution is 2.06. The highest BCUT2D eigenvalue weighted by atomic mass is 35.5. The van der Waals surface area contributed by atoms with Crippen LogP contribution in [-0.4, -0.2) is 0 Å². The fourth-order valence-electron chi connectivity index (χ4n) is 0.718. The van der Waals surface area contributed by atoms with Gasteiger partial charge >= 0.3 is 0 Å². The second-order valence-corrected chi connectivity index (χ2v) is 2.20.